The van der Waals surface area contributed by atoms with E-state index in [1.807, 2.05) is 17.0 Å². The SMILES string of the molecule is CCOC(=O)[C@H]1C(=O)NC(N2CCc3ccccc3C2)=N[C@H]1c1ccc(O)c(OC)c1. The van der Waals surface area contributed by atoms with Gasteiger partial charge in [-0.1, -0.05) is 30.3 Å². The zero-order valence-electron chi connectivity index (χ0n) is 17.5. The van der Waals surface area contributed by atoms with Gasteiger partial charge in [-0.05, 0) is 42.2 Å². The lowest BCUT2D eigenvalue weighted by Crippen LogP contribution is -2.53. The minimum atomic E-state index is -1.13. The van der Waals surface area contributed by atoms with Crippen molar-refractivity contribution in [3.63, 3.8) is 0 Å². The zero-order valence-corrected chi connectivity index (χ0v) is 17.5. The number of phenolic OH excluding ortho intramolecular Hbond substituents is 1. The molecule has 0 aromatic heterocycles. The summed E-state index contributed by atoms with van der Waals surface area (Å²) < 4.78 is 10.4. The van der Waals surface area contributed by atoms with Gasteiger partial charge in [0.05, 0.1) is 13.7 Å². The van der Waals surface area contributed by atoms with E-state index in [0.29, 0.717) is 24.6 Å². The molecule has 2 heterocycles. The Labute approximate surface area is 180 Å². The number of carbonyl (C=O) groups excluding carboxylic acids is 2. The van der Waals surface area contributed by atoms with E-state index in [4.69, 9.17) is 14.5 Å². The molecular formula is C23H25N3O5. The number of nitrogens with one attached hydrogen (secondary N) is 1. The maximum absolute atomic E-state index is 13.0. The fourth-order valence-corrected chi connectivity index (χ4v) is 4.02. The molecule has 31 heavy (non-hydrogen) atoms. The number of fused-ring (bicyclic) bond motifs is 1. The van der Waals surface area contributed by atoms with Gasteiger partial charge < -0.3 is 19.5 Å². The van der Waals surface area contributed by atoms with E-state index in [1.165, 1.54) is 24.3 Å². The van der Waals surface area contributed by atoms with Gasteiger partial charge in [-0.25, -0.2) is 4.99 Å². The van der Waals surface area contributed by atoms with Crippen molar-refractivity contribution in [1.82, 2.24) is 10.2 Å². The summed E-state index contributed by atoms with van der Waals surface area (Å²) in [5, 5.41) is 12.8. The van der Waals surface area contributed by atoms with Gasteiger partial charge in [-0.15, -0.1) is 0 Å². The first kappa shape index (κ1) is 20.7. The van der Waals surface area contributed by atoms with Crippen LogP contribution in [0.25, 0.3) is 0 Å². The molecule has 0 bridgehead atoms. The molecular weight excluding hydrogens is 398 g/mol. The highest BCUT2D eigenvalue weighted by atomic mass is 16.5. The molecule has 2 aliphatic rings. The van der Waals surface area contributed by atoms with Crippen LogP contribution in [-0.2, 0) is 27.3 Å². The molecule has 162 valence electrons. The minimum Gasteiger partial charge on any atom is -0.504 e. The molecule has 2 aromatic rings. The number of phenols is 1. The monoisotopic (exact) mass is 423 g/mol. The third kappa shape index (κ3) is 4.05. The van der Waals surface area contributed by atoms with Gasteiger partial charge in [0.15, 0.2) is 17.4 Å². The topological polar surface area (TPSA) is 100 Å². The van der Waals surface area contributed by atoms with Crippen LogP contribution in [0, 0.1) is 5.92 Å². The Hall–Kier alpha value is -3.55. The van der Waals surface area contributed by atoms with Crippen LogP contribution in [0.3, 0.4) is 0 Å². The van der Waals surface area contributed by atoms with Crippen LogP contribution in [-0.4, -0.2) is 48.1 Å². The van der Waals surface area contributed by atoms with Crippen molar-refractivity contribution < 1.29 is 24.2 Å². The lowest BCUT2D eigenvalue weighted by molar-refractivity contribution is -0.153. The smallest absolute Gasteiger partial charge is 0.321 e. The number of carbonyl (C=O) groups is 2. The summed E-state index contributed by atoms with van der Waals surface area (Å²) in [5.74, 6) is -1.58. The Bertz CT molecular complexity index is 1040. The molecule has 8 heteroatoms. The Morgan fingerprint density at radius 2 is 2.03 bits per heavy atom. The number of aliphatic imine (C=N–C) groups is 1. The van der Waals surface area contributed by atoms with Gasteiger partial charge in [0, 0.05) is 13.1 Å². The predicted molar refractivity (Wildman–Crippen MR) is 114 cm³/mol. The third-order valence-electron chi connectivity index (χ3n) is 5.61. The van der Waals surface area contributed by atoms with E-state index in [9.17, 15) is 14.7 Å². The highest BCUT2D eigenvalue weighted by Crippen LogP contribution is 2.36. The molecule has 2 aliphatic heterocycles. The summed E-state index contributed by atoms with van der Waals surface area (Å²) in [4.78, 5) is 32.4. The lowest BCUT2D eigenvalue weighted by atomic mass is 9.91. The van der Waals surface area contributed by atoms with Crippen LogP contribution in [0.5, 0.6) is 11.5 Å². The van der Waals surface area contributed by atoms with E-state index in [0.717, 1.165) is 6.42 Å². The molecule has 2 atom stereocenters. The van der Waals surface area contributed by atoms with Crippen LogP contribution in [0.4, 0.5) is 0 Å². The Kier molecular flexibility index (Phi) is 5.79. The van der Waals surface area contributed by atoms with Crippen LogP contribution < -0.4 is 10.1 Å². The molecule has 0 aliphatic carbocycles. The van der Waals surface area contributed by atoms with Crippen molar-refractivity contribution in [3.05, 3.63) is 59.2 Å². The van der Waals surface area contributed by atoms with Gasteiger partial charge in [0.1, 0.15) is 6.04 Å². The van der Waals surface area contributed by atoms with Crippen LogP contribution >= 0.6 is 0 Å². The molecule has 4 rings (SSSR count). The highest BCUT2D eigenvalue weighted by Gasteiger charge is 2.42. The van der Waals surface area contributed by atoms with Crippen molar-refractivity contribution in [3.8, 4) is 11.5 Å². The van der Waals surface area contributed by atoms with Crippen molar-refractivity contribution in [2.75, 3.05) is 20.3 Å². The summed E-state index contributed by atoms with van der Waals surface area (Å²) in [6.45, 7) is 3.17. The summed E-state index contributed by atoms with van der Waals surface area (Å²) in [5.41, 5.74) is 3.05. The lowest BCUT2D eigenvalue weighted by Gasteiger charge is -2.36. The first-order valence-corrected chi connectivity index (χ1v) is 10.3. The molecule has 8 nitrogen and oxygen atoms in total. The maximum atomic E-state index is 13.0. The van der Waals surface area contributed by atoms with Crippen LogP contribution in [0.15, 0.2) is 47.5 Å². The minimum absolute atomic E-state index is 0.0314. The number of methoxy groups -OCH3 is 1. The first-order chi connectivity index (χ1) is 15.0. The van der Waals surface area contributed by atoms with Crippen molar-refractivity contribution in [1.29, 1.82) is 0 Å². The maximum Gasteiger partial charge on any atom is 0.321 e. The molecule has 0 saturated carbocycles. The quantitative estimate of drug-likeness (QED) is 0.578. The number of esters is 1. The second-order valence-electron chi connectivity index (χ2n) is 7.49. The third-order valence-corrected chi connectivity index (χ3v) is 5.61. The molecule has 0 radical (unpaired) electrons. The van der Waals surface area contributed by atoms with E-state index < -0.39 is 23.8 Å². The largest absolute Gasteiger partial charge is 0.504 e. The Morgan fingerprint density at radius 3 is 2.77 bits per heavy atom. The van der Waals surface area contributed by atoms with E-state index in [1.54, 1.807) is 19.1 Å². The van der Waals surface area contributed by atoms with Gasteiger partial charge in [0.25, 0.3) is 0 Å². The van der Waals surface area contributed by atoms with Crippen molar-refractivity contribution in [2.45, 2.75) is 25.9 Å². The number of nitrogens with zero attached hydrogens (tertiary/aromatic N) is 2. The molecule has 2 N–H and O–H groups in total. The summed E-state index contributed by atoms with van der Waals surface area (Å²) >= 11 is 0. The second-order valence-corrected chi connectivity index (χ2v) is 7.49. The number of hydrogen-bond donors (Lipinski definition) is 2. The number of aromatic hydroxyl groups is 1. The van der Waals surface area contributed by atoms with Crippen molar-refractivity contribution >= 4 is 17.8 Å². The first-order valence-electron chi connectivity index (χ1n) is 10.3. The average Bonchev–Trinajstić information content (AvgIpc) is 2.78. The number of amides is 1. The number of rotatable bonds is 4. The van der Waals surface area contributed by atoms with Crippen molar-refractivity contribution in [2.24, 2.45) is 10.9 Å². The zero-order chi connectivity index (χ0) is 22.0. The van der Waals surface area contributed by atoms with Gasteiger partial charge in [-0.2, -0.15) is 0 Å². The molecule has 0 saturated heterocycles. The van der Waals surface area contributed by atoms with E-state index in [-0.39, 0.29) is 18.1 Å². The molecule has 2 aromatic carbocycles. The molecule has 0 spiro atoms. The molecule has 0 unspecified atom stereocenters. The molecule has 1 amide bonds. The fourth-order valence-electron chi connectivity index (χ4n) is 4.02. The van der Waals surface area contributed by atoms with Crippen LogP contribution in [0.2, 0.25) is 0 Å². The summed E-state index contributed by atoms with van der Waals surface area (Å²) in [6.07, 6.45) is 0.837. The fraction of sp³-hybridized carbons (Fsp3) is 0.348. The highest BCUT2D eigenvalue weighted by molar-refractivity contribution is 6.08. The number of guanidine groups is 1. The number of hydrogen-bond acceptors (Lipinski definition) is 7. The van der Waals surface area contributed by atoms with Gasteiger partial charge >= 0.3 is 5.97 Å². The Balaban J connectivity index is 1.72. The van der Waals surface area contributed by atoms with Gasteiger partial charge in [-0.3, -0.25) is 14.9 Å². The summed E-state index contributed by atoms with van der Waals surface area (Å²) in [6, 6.07) is 12.1. The predicted octanol–water partition coefficient (Wildman–Crippen LogP) is 2.17. The number of benzene rings is 2. The standard InChI is InChI=1S/C23H25N3O5/c1-3-31-22(29)19-20(15-8-9-17(27)18(12-15)30-2)24-23(25-21(19)28)26-11-10-14-6-4-5-7-16(14)13-26/h4-9,12,19-20,27H,3,10-11,13H2,1-2H3,(H,24,25,28)/t19-,20+/m1/s1. The van der Waals surface area contributed by atoms with E-state index >= 15 is 0 Å². The summed E-state index contributed by atoms with van der Waals surface area (Å²) in [7, 11) is 1.44. The normalized spacial score (nSPS) is 20.4. The Morgan fingerprint density at radius 1 is 1.26 bits per heavy atom. The number of ether oxygens (including phenoxy) is 2. The van der Waals surface area contributed by atoms with E-state index in [2.05, 4.69) is 17.4 Å². The van der Waals surface area contributed by atoms with Gasteiger partial charge in [0.2, 0.25) is 11.9 Å². The average molecular weight is 423 g/mol. The van der Waals surface area contributed by atoms with Crippen LogP contribution in [0.1, 0.15) is 29.7 Å². The second kappa shape index (κ2) is 8.67. The molecule has 0 fully saturated rings.